The van der Waals surface area contributed by atoms with Gasteiger partial charge < -0.3 is 14.9 Å². The highest BCUT2D eigenvalue weighted by Crippen LogP contribution is 2.08. The molecule has 0 aromatic carbocycles. The van der Waals surface area contributed by atoms with Gasteiger partial charge in [0.25, 0.3) is 0 Å². The molecule has 0 amide bonds. The third kappa shape index (κ3) is 4.94. The first-order valence-electron chi connectivity index (χ1n) is 6.28. The van der Waals surface area contributed by atoms with Crippen LogP contribution < -0.4 is 0 Å². The van der Waals surface area contributed by atoms with Crippen LogP contribution in [0.15, 0.2) is 0 Å². The summed E-state index contributed by atoms with van der Waals surface area (Å²) < 4.78 is 0. The Morgan fingerprint density at radius 3 is 2.31 bits per heavy atom. The topological polar surface area (TPSA) is 43.8 Å². The average Bonchev–Trinajstić information content (AvgIpc) is 2.28. The monoisotopic (exact) mass is 228 g/mol. The molecule has 1 saturated heterocycles. The summed E-state index contributed by atoms with van der Waals surface area (Å²) in [7, 11) is 0. The molecule has 0 radical (unpaired) electrons. The number of nitrogens with zero attached hydrogens (tertiary/aromatic N) is 2. The van der Waals surface area contributed by atoms with Crippen molar-refractivity contribution in [3.8, 4) is 0 Å². The summed E-state index contributed by atoms with van der Waals surface area (Å²) in [6.45, 7) is 10.6. The minimum absolute atomic E-state index is 0.269. The van der Waals surface area contributed by atoms with Gasteiger partial charge in [0.1, 0.15) is 0 Å². The van der Waals surface area contributed by atoms with Gasteiger partial charge >= 0.3 is 5.97 Å². The Morgan fingerprint density at radius 2 is 1.81 bits per heavy atom. The molecule has 0 spiro atoms. The van der Waals surface area contributed by atoms with Crippen molar-refractivity contribution in [1.29, 1.82) is 0 Å². The molecule has 1 fully saturated rings. The van der Waals surface area contributed by atoms with Crippen LogP contribution in [0, 0.1) is 5.92 Å². The molecule has 16 heavy (non-hydrogen) atoms. The van der Waals surface area contributed by atoms with Gasteiger partial charge in [0, 0.05) is 39.3 Å². The zero-order valence-corrected chi connectivity index (χ0v) is 10.5. The van der Waals surface area contributed by atoms with Gasteiger partial charge in [0.15, 0.2) is 0 Å². The van der Waals surface area contributed by atoms with Gasteiger partial charge in [-0.15, -0.1) is 0 Å². The second-order valence-electron chi connectivity index (χ2n) is 4.80. The molecule has 1 aliphatic heterocycles. The van der Waals surface area contributed by atoms with Crippen molar-refractivity contribution in [3.63, 3.8) is 0 Å². The van der Waals surface area contributed by atoms with Gasteiger partial charge in [-0.1, -0.05) is 20.3 Å². The van der Waals surface area contributed by atoms with E-state index in [2.05, 4.69) is 23.6 Å². The lowest BCUT2D eigenvalue weighted by Crippen LogP contribution is -2.47. The zero-order valence-electron chi connectivity index (χ0n) is 10.5. The maximum Gasteiger partial charge on any atom is 0.304 e. The quantitative estimate of drug-likeness (QED) is 0.740. The Hall–Kier alpha value is -0.610. The van der Waals surface area contributed by atoms with Gasteiger partial charge in [-0.25, -0.2) is 0 Å². The van der Waals surface area contributed by atoms with Gasteiger partial charge in [-0.05, 0) is 5.92 Å². The Bertz CT molecular complexity index is 213. The second-order valence-corrected chi connectivity index (χ2v) is 4.80. The van der Waals surface area contributed by atoms with Crippen LogP contribution >= 0.6 is 0 Å². The first kappa shape index (κ1) is 13.5. The van der Waals surface area contributed by atoms with Crippen LogP contribution in [-0.4, -0.2) is 60.1 Å². The number of carboxylic acid groups (broad SMARTS) is 1. The van der Waals surface area contributed by atoms with Crippen molar-refractivity contribution in [2.24, 2.45) is 5.92 Å². The molecular weight excluding hydrogens is 204 g/mol. The van der Waals surface area contributed by atoms with E-state index in [-0.39, 0.29) is 6.42 Å². The standard InChI is InChI=1S/C12H24N2O2/c1-3-11(2)10-14-8-6-13(7-9-14)5-4-12(15)16/h11H,3-10H2,1-2H3,(H,15,16). The van der Waals surface area contributed by atoms with Crippen molar-refractivity contribution in [1.82, 2.24) is 9.80 Å². The maximum absolute atomic E-state index is 10.5. The van der Waals surface area contributed by atoms with Gasteiger partial charge in [-0.2, -0.15) is 0 Å². The molecule has 4 heteroatoms. The highest BCUT2D eigenvalue weighted by atomic mass is 16.4. The van der Waals surface area contributed by atoms with E-state index in [4.69, 9.17) is 5.11 Å². The van der Waals surface area contributed by atoms with Gasteiger partial charge in [-0.3, -0.25) is 4.79 Å². The molecule has 0 aromatic rings. The molecular formula is C12H24N2O2. The largest absolute Gasteiger partial charge is 0.481 e. The SMILES string of the molecule is CCC(C)CN1CCN(CCC(=O)O)CC1. The fourth-order valence-corrected chi connectivity index (χ4v) is 2.02. The van der Waals surface area contributed by atoms with E-state index in [1.54, 1.807) is 0 Å². The summed E-state index contributed by atoms with van der Waals surface area (Å²) in [6.07, 6.45) is 1.50. The van der Waals surface area contributed by atoms with E-state index in [1.165, 1.54) is 13.0 Å². The summed E-state index contributed by atoms with van der Waals surface area (Å²) in [4.78, 5) is 15.2. The predicted octanol–water partition coefficient (Wildman–Crippen LogP) is 1.12. The number of hydrogen-bond donors (Lipinski definition) is 1. The number of piperazine rings is 1. The number of carboxylic acids is 1. The molecule has 1 atom stereocenters. The van der Waals surface area contributed by atoms with Crippen LogP contribution in [0.2, 0.25) is 0 Å². The molecule has 0 saturated carbocycles. The molecule has 1 rings (SSSR count). The van der Waals surface area contributed by atoms with Crippen molar-refractivity contribution >= 4 is 5.97 Å². The summed E-state index contributed by atoms with van der Waals surface area (Å²) in [5.41, 5.74) is 0. The second kappa shape index (κ2) is 6.86. The Labute approximate surface area is 98.2 Å². The summed E-state index contributed by atoms with van der Waals surface area (Å²) in [6, 6.07) is 0. The first-order chi connectivity index (χ1) is 7.61. The van der Waals surface area contributed by atoms with E-state index < -0.39 is 5.97 Å². The van der Waals surface area contributed by atoms with E-state index in [0.717, 1.165) is 32.1 Å². The van der Waals surface area contributed by atoms with Crippen LogP contribution in [-0.2, 0) is 4.79 Å². The lowest BCUT2D eigenvalue weighted by atomic mass is 10.1. The fraction of sp³-hybridized carbons (Fsp3) is 0.917. The van der Waals surface area contributed by atoms with E-state index in [1.807, 2.05) is 0 Å². The Morgan fingerprint density at radius 1 is 1.25 bits per heavy atom. The molecule has 1 heterocycles. The Kier molecular flexibility index (Phi) is 5.77. The van der Waals surface area contributed by atoms with Crippen LogP contribution in [0.5, 0.6) is 0 Å². The minimum Gasteiger partial charge on any atom is -0.481 e. The van der Waals surface area contributed by atoms with Crippen molar-refractivity contribution in [2.45, 2.75) is 26.7 Å². The highest BCUT2D eigenvalue weighted by Gasteiger charge is 2.18. The van der Waals surface area contributed by atoms with E-state index in [9.17, 15) is 4.79 Å². The van der Waals surface area contributed by atoms with Crippen molar-refractivity contribution < 1.29 is 9.90 Å². The molecule has 94 valence electrons. The first-order valence-corrected chi connectivity index (χ1v) is 6.28. The fourth-order valence-electron chi connectivity index (χ4n) is 2.02. The van der Waals surface area contributed by atoms with Gasteiger partial charge in [0.05, 0.1) is 6.42 Å². The van der Waals surface area contributed by atoms with Crippen LogP contribution in [0.3, 0.4) is 0 Å². The van der Waals surface area contributed by atoms with Crippen LogP contribution in [0.25, 0.3) is 0 Å². The summed E-state index contributed by atoms with van der Waals surface area (Å²) >= 11 is 0. The summed E-state index contributed by atoms with van der Waals surface area (Å²) in [5.74, 6) is 0.0765. The molecule has 1 unspecified atom stereocenters. The lowest BCUT2D eigenvalue weighted by Gasteiger charge is -2.35. The Balaban J connectivity index is 2.15. The van der Waals surface area contributed by atoms with Crippen molar-refractivity contribution in [2.75, 3.05) is 39.3 Å². The molecule has 1 aliphatic rings. The smallest absolute Gasteiger partial charge is 0.304 e. The minimum atomic E-state index is -0.693. The normalized spacial score (nSPS) is 20.9. The molecule has 1 N–H and O–H groups in total. The van der Waals surface area contributed by atoms with Crippen LogP contribution in [0.4, 0.5) is 0 Å². The predicted molar refractivity (Wildman–Crippen MR) is 64.6 cm³/mol. The third-order valence-corrected chi connectivity index (χ3v) is 3.37. The van der Waals surface area contributed by atoms with Crippen molar-refractivity contribution in [3.05, 3.63) is 0 Å². The number of aliphatic carboxylic acids is 1. The summed E-state index contributed by atoms with van der Waals surface area (Å²) in [5, 5.41) is 8.61. The van der Waals surface area contributed by atoms with E-state index >= 15 is 0 Å². The maximum atomic E-state index is 10.5. The zero-order chi connectivity index (χ0) is 12.0. The molecule has 0 bridgehead atoms. The number of carbonyl (C=O) groups is 1. The molecule has 4 nitrogen and oxygen atoms in total. The highest BCUT2D eigenvalue weighted by molar-refractivity contribution is 5.66. The van der Waals surface area contributed by atoms with Gasteiger partial charge in [0.2, 0.25) is 0 Å². The van der Waals surface area contributed by atoms with Crippen LogP contribution in [0.1, 0.15) is 26.7 Å². The molecule has 0 aromatic heterocycles. The third-order valence-electron chi connectivity index (χ3n) is 3.37. The average molecular weight is 228 g/mol. The van der Waals surface area contributed by atoms with E-state index in [0.29, 0.717) is 6.54 Å². The number of rotatable bonds is 6. The molecule has 0 aliphatic carbocycles. The number of hydrogen-bond acceptors (Lipinski definition) is 3. The lowest BCUT2D eigenvalue weighted by molar-refractivity contribution is -0.137.